The van der Waals surface area contributed by atoms with Crippen LogP contribution in [0.25, 0.3) is 0 Å². The van der Waals surface area contributed by atoms with Crippen molar-refractivity contribution in [2.24, 2.45) is 5.10 Å². The van der Waals surface area contributed by atoms with Gasteiger partial charge >= 0.3 is 0 Å². The molecule has 0 saturated carbocycles. The number of ether oxygens (including phenoxy) is 1. The van der Waals surface area contributed by atoms with Crippen molar-refractivity contribution in [3.63, 3.8) is 0 Å². The number of rotatable bonds is 10. The summed E-state index contributed by atoms with van der Waals surface area (Å²) in [6, 6.07) is 22.1. The van der Waals surface area contributed by atoms with Crippen molar-refractivity contribution in [3.05, 3.63) is 94.0 Å². The first-order valence-corrected chi connectivity index (χ1v) is 11.1. The maximum absolute atomic E-state index is 12.0. The minimum Gasteiger partial charge on any atom is -0.489 e. The molecule has 0 aliphatic heterocycles. The van der Waals surface area contributed by atoms with Crippen molar-refractivity contribution in [2.45, 2.75) is 25.9 Å². The van der Waals surface area contributed by atoms with Gasteiger partial charge in [-0.3, -0.25) is 9.59 Å². The summed E-state index contributed by atoms with van der Waals surface area (Å²) in [5.74, 6) is 0.226. The standard InChI is InChI=1S/C25H23Cl2N3O3/c26-22-13-12-20(15-23(22)27)29-24(31)10-5-11-25(32)30-28-16-19-8-4-9-21(14-19)33-17-18-6-2-1-3-7-18/h1-4,6-9,12-16H,5,10-11,17H2,(H,29,31)(H,30,32). The Hall–Kier alpha value is -3.35. The Morgan fingerprint density at radius 3 is 2.45 bits per heavy atom. The molecule has 0 heterocycles. The second-order valence-electron chi connectivity index (χ2n) is 7.17. The number of halogens is 2. The second kappa shape index (κ2) is 12.6. The van der Waals surface area contributed by atoms with E-state index < -0.39 is 0 Å². The van der Waals surface area contributed by atoms with Crippen molar-refractivity contribution in [3.8, 4) is 5.75 Å². The predicted octanol–water partition coefficient (Wildman–Crippen LogP) is 5.83. The van der Waals surface area contributed by atoms with Crippen LogP contribution in [0.5, 0.6) is 5.75 Å². The molecule has 170 valence electrons. The minimum absolute atomic E-state index is 0.173. The third kappa shape index (κ3) is 8.60. The van der Waals surface area contributed by atoms with Crippen molar-refractivity contribution in [2.75, 3.05) is 5.32 Å². The highest BCUT2D eigenvalue weighted by atomic mass is 35.5. The largest absolute Gasteiger partial charge is 0.489 e. The molecule has 2 amide bonds. The Labute approximate surface area is 202 Å². The van der Waals surface area contributed by atoms with Gasteiger partial charge in [0, 0.05) is 18.5 Å². The van der Waals surface area contributed by atoms with Crippen LogP contribution in [0.4, 0.5) is 5.69 Å². The normalized spacial score (nSPS) is 10.7. The number of carbonyl (C=O) groups excluding carboxylic acids is 2. The van der Waals surface area contributed by atoms with E-state index in [0.717, 1.165) is 11.1 Å². The molecule has 0 aliphatic carbocycles. The van der Waals surface area contributed by atoms with E-state index in [2.05, 4.69) is 15.8 Å². The number of hydrazone groups is 1. The summed E-state index contributed by atoms with van der Waals surface area (Å²) in [4.78, 5) is 24.0. The number of nitrogens with one attached hydrogen (secondary N) is 2. The van der Waals surface area contributed by atoms with Crippen LogP contribution < -0.4 is 15.5 Å². The SMILES string of the molecule is O=C(CCCC(=O)Nc1ccc(Cl)c(Cl)c1)NN=Cc1cccc(OCc2ccccc2)c1. The van der Waals surface area contributed by atoms with Gasteiger partial charge in [-0.15, -0.1) is 0 Å². The van der Waals surface area contributed by atoms with Crippen molar-refractivity contribution in [1.82, 2.24) is 5.43 Å². The summed E-state index contributed by atoms with van der Waals surface area (Å²) < 4.78 is 5.79. The van der Waals surface area contributed by atoms with Crippen molar-refractivity contribution >= 4 is 46.9 Å². The number of benzene rings is 3. The molecule has 2 N–H and O–H groups in total. The lowest BCUT2D eigenvalue weighted by molar-refractivity contribution is -0.121. The van der Waals surface area contributed by atoms with E-state index in [1.165, 1.54) is 0 Å². The molecular formula is C25H23Cl2N3O3. The Morgan fingerprint density at radius 1 is 0.879 bits per heavy atom. The maximum atomic E-state index is 12.0. The zero-order valence-electron chi connectivity index (χ0n) is 17.8. The van der Waals surface area contributed by atoms with Crippen molar-refractivity contribution in [1.29, 1.82) is 0 Å². The zero-order valence-corrected chi connectivity index (χ0v) is 19.3. The molecule has 3 aromatic rings. The molecule has 0 aromatic heterocycles. The molecule has 0 bridgehead atoms. The molecule has 0 spiro atoms. The van der Waals surface area contributed by atoms with Gasteiger partial charge in [0.25, 0.3) is 0 Å². The Kier molecular flexibility index (Phi) is 9.30. The van der Waals surface area contributed by atoms with Crippen LogP contribution in [-0.4, -0.2) is 18.0 Å². The number of anilines is 1. The van der Waals surface area contributed by atoms with Gasteiger partial charge in [0.1, 0.15) is 12.4 Å². The van der Waals surface area contributed by atoms with E-state index >= 15 is 0 Å². The molecule has 8 heteroatoms. The number of nitrogens with zero attached hydrogens (tertiary/aromatic N) is 1. The predicted molar refractivity (Wildman–Crippen MR) is 132 cm³/mol. The lowest BCUT2D eigenvalue weighted by Crippen LogP contribution is -2.18. The summed E-state index contributed by atoms with van der Waals surface area (Å²) in [6.45, 7) is 0.469. The molecular weight excluding hydrogens is 461 g/mol. The zero-order chi connectivity index (χ0) is 23.5. The molecule has 3 aromatic carbocycles. The number of hydrogen-bond donors (Lipinski definition) is 2. The molecule has 0 saturated heterocycles. The van der Waals surface area contributed by atoms with E-state index in [1.54, 1.807) is 24.4 Å². The van der Waals surface area contributed by atoms with E-state index in [4.69, 9.17) is 27.9 Å². The Balaban J connectivity index is 1.37. The van der Waals surface area contributed by atoms with Crippen LogP contribution >= 0.6 is 23.2 Å². The summed E-state index contributed by atoms with van der Waals surface area (Å²) in [5, 5.41) is 7.47. The maximum Gasteiger partial charge on any atom is 0.240 e. The lowest BCUT2D eigenvalue weighted by atomic mass is 10.2. The first-order chi connectivity index (χ1) is 16.0. The highest BCUT2D eigenvalue weighted by Crippen LogP contribution is 2.25. The van der Waals surface area contributed by atoms with E-state index in [0.29, 0.717) is 34.5 Å². The quantitative estimate of drug-likeness (QED) is 0.281. The van der Waals surface area contributed by atoms with E-state index in [1.807, 2.05) is 54.6 Å². The Bertz CT molecular complexity index is 1120. The number of hydrogen-bond acceptors (Lipinski definition) is 4. The molecule has 0 fully saturated rings. The average Bonchev–Trinajstić information content (AvgIpc) is 2.81. The van der Waals surface area contributed by atoms with Gasteiger partial charge in [0.05, 0.1) is 16.3 Å². The lowest BCUT2D eigenvalue weighted by Gasteiger charge is -2.07. The van der Waals surface area contributed by atoms with E-state index in [9.17, 15) is 9.59 Å². The van der Waals surface area contributed by atoms with E-state index in [-0.39, 0.29) is 24.7 Å². The highest BCUT2D eigenvalue weighted by molar-refractivity contribution is 6.42. The van der Waals surface area contributed by atoms with Crippen LogP contribution in [-0.2, 0) is 16.2 Å². The fourth-order valence-electron chi connectivity index (χ4n) is 2.87. The first-order valence-electron chi connectivity index (χ1n) is 10.3. The highest BCUT2D eigenvalue weighted by Gasteiger charge is 2.07. The first kappa shape index (κ1) is 24.3. The third-order valence-corrected chi connectivity index (χ3v) is 5.26. The fraction of sp³-hybridized carbons (Fsp3) is 0.160. The molecule has 0 radical (unpaired) electrons. The minimum atomic E-state index is -0.273. The fourth-order valence-corrected chi connectivity index (χ4v) is 3.17. The summed E-state index contributed by atoms with van der Waals surface area (Å²) in [7, 11) is 0. The molecule has 0 aliphatic rings. The molecule has 6 nitrogen and oxygen atoms in total. The monoisotopic (exact) mass is 483 g/mol. The van der Waals surface area contributed by atoms with Crippen molar-refractivity contribution < 1.29 is 14.3 Å². The molecule has 0 atom stereocenters. The van der Waals surface area contributed by atoms with Crippen LogP contribution in [0, 0.1) is 0 Å². The van der Waals surface area contributed by atoms with Gasteiger partial charge in [-0.1, -0.05) is 65.7 Å². The van der Waals surface area contributed by atoms with Crippen LogP contribution in [0.3, 0.4) is 0 Å². The molecule has 3 rings (SSSR count). The van der Waals surface area contributed by atoms with Gasteiger partial charge in [0.15, 0.2) is 0 Å². The second-order valence-corrected chi connectivity index (χ2v) is 7.98. The third-order valence-electron chi connectivity index (χ3n) is 4.52. The van der Waals surface area contributed by atoms with Crippen LogP contribution in [0.15, 0.2) is 77.9 Å². The summed E-state index contributed by atoms with van der Waals surface area (Å²) in [6.07, 6.45) is 2.30. The van der Waals surface area contributed by atoms with Gasteiger partial charge in [-0.2, -0.15) is 5.10 Å². The number of carbonyl (C=O) groups is 2. The van der Waals surface area contributed by atoms with Gasteiger partial charge in [0.2, 0.25) is 11.8 Å². The number of amides is 2. The van der Waals surface area contributed by atoms with Gasteiger partial charge < -0.3 is 10.1 Å². The summed E-state index contributed by atoms with van der Waals surface area (Å²) >= 11 is 11.8. The average molecular weight is 484 g/mol. The Morgan fingerprint density at radius 2 is 1.67 bits per heavy atom. The smallest absolute Gasteiger partial charge is 0.240 e. The molecule has 0 unspecified atom stereocenters. The van der Waals surface area contributed by atoms with Crippen LogP contribution in [0.1, 0.15) is 30.4 Å². The summed E-state index contributed by atoms with van der Waals surface area (Å²) in [5.41, 5.74) is 4.90. The van der Waals surface area contributed by atoms with Gasteiger partial charge in [-0.05, 0) is 47.9 Å². The molecule has 33 heavy (non-hydrogen) atoms. The van der Waals surface area contributed by atoms with Gasteiger partial charge in [-0.25, -0.2) is 5.43 Å². The topological polar surface area (TPSA) is 79.8 Å². The van der Waals surface area contributed by atoms with Crippen LogP contribution in [0.2, 0.25) is 10.0 Å².